The predicted molar refractivity (Wildman–Crippen MR) is 94.5 cm³/mol. The van der Waals surface area contributed by atoms with Gasteiger partial charge in [0, 0.05) is 18.7 Å². The number of benzene rings is 2. The van der Waals surface area contributed by atoms with Crippen LogP contribution >= 0.6 is 11.6 Å². The van der Waals surface area contributed by atoms with Gasteiger partial charge in [-0.2, -0.15) is 4.31 Å². The Kier molecular flexibility index (Phi) is 5.66. The summed E-state index contributed by atoms with van der Waals surface area (Å²) < 4.78 is 32.3. The second kappa shape index (κ2) is 7.38. The molecule has 134 valence electrons. The maximum atomic E-state index is 13.0. The fourth-order valence-corrected chi connectivity index (χ4v) is 4.46. The molecule has 1 unspecified atom stereocenters. The number of nitro groups is 1. The van der Waals surface area contributed by atoms with E-state index >= 15 is 0 Å². The number of ether oxygens (including phenoxy) is 1. The van der Waals surface area contributed by atoms with Gasteiger partial charge in [-0.15, -0.1) is 0 Å². The van der Waals surface area contributed by atoms with Gasteiger partial charge in [0.2, 0.25) is 0 Å². The highest BCUT2D eigenvalue weighted by Gasteiger charge is 2.35. The normalized spacial score (nSPS) is 12.8. The first-order valence-corrected chi connectivity index (χ1v) is 9.07. The van der Waals surface area contributed by atoms with E-state index in [0.717, 1.165) is 10.4 Å². The number of methoxy groups -OCH3 is 1. The van der Waals surface area contributed by atoms with Crippen LogP contribution in [0.15, 0.2) is 47.4 Å². The first-order valence-electron chi connectivity index (χ1n) is 7.25. The van der Waals surface area contributed by atoms with Gasteiger partial charge in [-0.3, -0.25) is 10.1 Å². The molecule has 2 aromatic carbocycles. The van der Waals surface area contributed by atoms with Crippen LogP contribution in [0.2, 0.25) is 5.02 Å². The number of sulfonamides is 1. The number of nitro benzene ring substituents is 1. The molecule has 2 rings (SSSR count). The minimum Gasteiger partial charge on any atom is -0.496 e. The fourth-order valence-electron chi connectivity index (χ4n) is 2.46. The molecular weight excluding hydrogens is 368 g/mol. The molecular formula is C16H17ClN2O5S. The van der Waals surface area contributed by atoms with Crippen molar-refractivity contribution in [1.29, 1.82) is 0 Å². The van der Waals surface area contributed by atoms with E-state index in [9.17, 15) is 18.5 Å². The first kappa shape index (κ1) is 19.2. The highest BCUT2D eigenvalue weighted by Crippen LogP contribution is 2.37. The molecule has 0 saturated carbocycles. The maximum Gasteiger partial charge on any atom is 0.290 e. The molecule has 0 bridgehead atoms. The summed E-state index contributed by atoms with van der Waals surface area (Å²) in [5.74, 6) is 0.519. The van der Waals surface area contributed by atoms with Crippen molar-refractivity contribution >= 4 is 27.3 Å². The summed E-state index contributed by atoms with van der Waals surface area (Å²) in [7, 11) is -1.38. The third-order valence-electron chi connectivity index (χ3n) is 3.91. The lowest BCUT2D eigenvalue weighted by atomic mass is 10.1. The van der Waals surface area contributed by atoms with E-state index in [1.54, 1.807) is 31.2 Å². The topological polar surface area (TPSA) is 89.8 Å². The van der Waals surface area contributed by atoms with E-state index in [4.69, 9.17) is 16.3 Å². The van der Waals surface area contributed by atoms with E-state index in [2.05, 4.69) is 0 Å². The lowest BCUT2D eigenvalue weighted by Crippen LogP contribution is -2.30. The van der Waals surface area contributed by atoms with Gasteiger partial charge in [0.15, 0.2) is 4.90 Å². The standard InChI is InChI=1S/C16H17ClN2O5S/c1-11(12-7-4-5-10-15(12)24-3)18(2)25(22,23)16-13(17)8-6-9-14(16)19(20)21/h4-11H,1-3H3. The van der Waals surface area contributed by atoms with Crippen LogP contribution < -0.4 is 4.74 Å². The number of nitrogens with zero attached hydrogens (tertiary/aromatic N) is 2. The molecule has 0 aliphatic carbocycles. The average molecular weight is 385 g/mol. The maximum absolute atomic E-state index is 13.0. The van der Waals surface area contributed by atoms with Crippen molar-refractivity contribution in [2.24, 2.45) is 0 Å². The third-order valence-corrected chi connectivity index (χ3v) is 6.36. The van der Waals surface area contributed by atoms with Crippen molar-refractivity contribution < 1.29 is 18.1 Å². The second-order valence-corrected chi connectivity index (χ2v) is 7.63. The molecule has 0 amide bonds. The smallest absolute Gasteiger partial charge is 0.290 e. The Hall–Kier alpha value is -2.16. The van der Waals surface area contributed by atoms with E-state index in [-0.39, 0.29) is 5.02 Å². The van der Waals surface area contributed by atoms with Crippen LogP contribution in [0.4, 0.5) is 5.69 Å². The summed E-state index contributed by atoms with van der Waals surface area (Å²) in [6.45, 7) is 1.66. The molecule has 1 atom stereocenters. The van der Waals surface area contributed by atoms with E-state index in [1.165, 1.54) is 26.3 Å². The number of hydrogen-bond acceptors (Lipinski definition) is 5. The van der Waals surface area contributed by atoms with Gasteiger partial charge in [0.25, 0.3) is 15.7 Å². The van der Waals surface area contributed by atoms with Crippen molar-refractivity contribution in [2.75, 3.05) is 14.2 Å². The third kappa shape index (κ3) is 3.60. The van der Waals surface area contributed by atoms with Gasteiger partial charge in [0.05, 0.1) is 23.1 Å². The van der Waals surface area contributed by atoms with Crippen LogP contribution in [0.5, 0.6) is 5.75 Å². The first-order chi connectivity index (χ1) is 11.7. The predicted octanol–water partition coefficient (Wildman–Crippen LogP) is 3.64. The van der Waals surface area contributed by atoms with E-state index in [0.29, 0.717) is 11.3 Å². The van der Waals surface area contributed by atoms with Gasteiger partial charge in [-0.25, -0.2) is 8.42 Å². The van der Waals surface area contributed by atoms with Crippen LogP contribution in [0.3, 0.4) is 0 Å². The second-order valence-electron chi connectivity index (χ2n) is 5.28. The number of rotatable bonds is 6. The van der Waals surface area contributed by atoms with Gasteiger partial charge >= 0.3 is 0 Å². The number of para-hydroxylation sites is 1. The van der Waals surface area contributed by atoms with Crippen molar-refractivity contribution in [1.82, 2.24) is 4.31 Å². The zero-order chi connectivity index (χ0) is 18.8. The molecule has 0 saturated heterocycles. The van der Waals surface area contributed by atoms with Crippen LogP contribution in [0.1, 0.15) is 18.5 Å². The Morgan fingerprint density at radius 3 is 2.44 bits per heavy atom. The van der Waals surface area contributed by atoms with Crippen molar-refractivity contribution in [3.8, 4) is 5.75 Å². The highest BCUT2D eigenvalue weighted by molar-refractivity contribution is 7.89. The zero-order valence-corrected chi connectivity index (χ0v) is 15.4. The molecule has 0 heterocycles. The van der Waals surface area contributed by atoms with Gasteiger partial charge in [0.1, 0.15) is 5.75 Å². The highest BCUT2D eigenvalue weighted by atomic mass is 35.5. The molecule has 7 nitrogen and oxygen atoms in total. The van der Waals surface area contributed by atoms with Gasteiger partial charge in [-0.05, 0) is 19.1 Å². The fraction of sp³-hybridized carbons (Fsp3) is 0.250. The largest absolute Gasteiger partial charge is 0.496 e. The molecule has 0 aromatic heterocycles. The Bertz CT molecular complexity index is 901. The van der Waals surface area contributed by atoms with Crippen molar-refractivity contribution in [2.45, 2.75) is 17.9 Å². The van der Waals surface area contributed by atoms with Crippen LogP contribution in [0.25, 0.3) is 0 Å². The minimum atomic E-state index is -4.21. The zero-order valence-electron chi connectivity index (χ0n) is 13.8. The Balaban J connectivity index is 2.55. The molecule has 25 heavy (non-hydrogen) atoms. The summed E-state index contributed by atoms with van der Waals surface area (Å²) in [4.78, 5) is 9.94. The van der Waals surface area contributed by atoms with E-state index in [1.807, 2.05) is 0 Å². The molecule has 2 aromatic rings. The summed E-state index contributed by atoms with van der Waals surface area (Å²) in [5.41, 5.74) is 0.0670. The quantitative estimate of drug-likeness (QED) is 0.560. The molecule has 9 heteroatoms. The lowest BCUT2D eigenvalue weighted by Gasteiger charge is -2.26. The molecule has 0 spiro atoms. The Labute approximate surface area is 151 Å². The Morgan fingerprint density at radius 1 is 1.20 bits per heavy atom. The van der Waals surface area contributed by atoms with Gasteiger partial charge < -0.3 is 4.74 Å². The van der Waals surface area contributed by atoms with Crippen LogP contribution in [-0.4, -0.2) is 31.8 Å². The minimum absolute atomic E-state index is 0.201. The van der Waals surface area contributed by atoms with Crippen molar-refractivity contribution in [3.05, 3.63) is 63.2 Å². The summed E-state index contributed by atoms with van der Waals surface area (Å²) in [6, 6.07) is 10.1. The SMILES string of the molecule is COc1ccccc1C(C)N(C)S(=O)(=O)c1c(Cl)cccc1[N+](=O)[O-]. The van der Waals surface area contributed by atoms with Crippen LogP contribution in [-0.2, 0) is 10.0 Å². The molecule has 0 fully saturated rings. The Morgan fingerprint density at radius 2 is 1.84 bits per heavy atom. The average Bonchev–Trinajstić information content (AvgIpc) is 2.59. The number of hydrogen-bond donors (Lipinski definition) is 0. The summed E-state index contributed by atoms with van der Waals surface area (Å²) in [6.07, 6.45) is 0. The lowest BCUT2D eigenvalue weighted by molar-refractivity contribution is -0.387. The summed E-state index contributed by atoms with van der Waals surface area (Å²) in [5, 5.41) is 11.0. The van der Waals surface area contributed by atoms with Crippen LogP contribution in [0, 0.1) is 10.1 Å². The molecule has 0 N–H and O–H groups in total. The van der Waals surface area contributed by atoms with Gasteiger partial charge in [-0.1, -0.05) is 35.9 Å². The molecule has 0 radical (unpaired) electrons. The van der Waals surface area contributed by atoms with E-state index < -0.39 is 31.6 Å². The number of halogens is 1. The summed E-state index contributed by atoms with van der Waals surface area (Å²) >= 11 is 5.98. The monoisotopic (exact) mass is 384 g/mol. The van der Waals surface area contributed by atoms with Crippen molar-refractivity contribution in [3.63, 3.8) is 0 Å². The molecule has 0 aliphatic heterocycles. The molecule has 0 aliphatic rings.